The molecular weight excluding hydrogens is 182 g/mol. The van der Waals surface area contributed by atoms with Gasteiger partial charge >= 0.3 is 0 Å². The van der Waals surface area contributed by atoms with Crippen LogP contribution in [0.2, 0.25) is 0 Å². The highest BCUT2D eigenvalue weighted by atomic mass is 32.1. The lowest BCUT2D eigenvalue weighted by atomic mass is 9.94. The molecule has 1 atom stereocenters. The molecule has 1 aromatic rings. The van der Waals surface area contributed by atoms with Crippen molar-refractivity contribution in [3.8, 4) is 0 Å². The van der Waals surface area contributed by atoms with Crippen molar-refractivity contribution in [2.24, 2.45) is 0 Å². The molecule has 1 fully saturated rings. The van der Waals surface area contributed by atoms with Crippen molar-refractivity contribution in [2.75, 3.05) is 19.7 Å². The minimum absolute atomic E-state index is 0.0434. The summed E-state index contributed by atoms with van der Waals surface area (Å²) in [5, 5.41) is 5.59. The third-order valence-electron chi connectivity index (χ3n) is 3.03. The van der Waals surface area contributed by atoms with Gasteiger partial charge in [-0.2, -0.15) is 0 Å². The summed E-state index contributed by atoms with van der Waals surface area (Å²) in [5.74, 6) is 0. The van der Waals surface area contributed by atoms with Crippen LogP contribution in [-0.4, -0.2) is 19.7 Å². The molecule has 0 saturated carbocycles. The highest BCUT2D eigenvalue weighted by molar-refractivity contribution is 7.10. The van der Waals surface area contributed by atoms with Gasteiger partial charge in [-0.15, -0.1) is 11.3 Å². The fourth-order valence-corrected chi connectivity index (χ4v) is 3.48. The zero-order valence-electron chi connectivity index (χ0n) is 7.51. The first-order valence-electron chi connectivity index (χ1n) is 4.82. The lowest BCUT2D eigenvalue weighted by Gasteiger charge is -2.32. The van der Waals surface area contributed by atoms with E-state index in [-0.39, 0.29) is 5.60 Å². The summed E-state index contributed by atoms with van der Waals surface area (Å²) >= 11 is 1.86. The van der Waals surface area contributed by atoms with Gasteiger partial charge in [0.25, 0.3) is 0 Å². The second-order valence-corrected chi connectivity index (χ2v) is 4.71. The van der Waals surface area contributed by atoms with Gasteiger partial charge < -0.3 is 10.1 Å². The Bertz CT molecular complexity index is 314. The molecule has 1 N–H and O–H groups in total. The van der Waals surface area contributed by atoms with Gasteiger partial charge in [-0.25, -0.2) is 0 Å². The van der Waals surface area contributed by atoms with Gasteiger partial charge in [0.1, 0.15) is 5.60 Å². The number of thiophene rings is 1. The van der Waals surface area contributed by atoms with Gasteiger partial charge in [0.05, 0.1) is 6.61 Å². The summed E-state index contributed by atoms with van der Waals surface area (Å²) in [5.41, 5.74) is 1.56. The maximum absolute atomic E-state index is 5.96. The SMILES string of the molecule is c1cc2c(s1)C1(CCNC1)OCC2. The molecule has 2 aliphatic heterocycles. The molecule has 1 unspecified atom stereocenters. The summed E-state index contributed by atoms with van der Waals surface area (Å²) < 4.78 is 5.96. The molecule has 0 bridgehead atoms. The highest BCUT2D eigenvalue weighted by Crippen LogP contribution is 2.40. The predicted octanol–water partition coefficient (Wildman–Crippen LogP) is 1.51. The molecule has 0 amide bonds. The number of rotatable bonds is 0. The van der Waals surface area contributed by atoms with Crippen LogP contribution in [0.3, 0.4) is 0 Å². The van der Waals surface area contributed by atoms with Crippen molar-refractivity contribution < 1.29 is 4.74 Å². The van der Waals surface area contributed by atoms with Gasteiger partial charge in [0.2, 0.25) is 0 Å². The Kier molecular flexibility index (Phi) is 1.72. The van der Waals surface area contributed by atoms with Crippen LogP contribution in [0.15, 0.2) is 11.4 Å². The Morgan fingerprint density at radius 2 is 2.54 bits per heavy atom. The zero-order valence-corrected chi connectivity index (χ0v) is 8.32. The van der Waals surface area contributed by atoms with E-state index in [0.717, 1.165) is 32.5 Å². The molecule has 1 aromatic heterocycles. The molecule has 3 heterocycles. The average Bonchev–Trinajstić information content (AvgIpc) is 2.74. The van der Waals surface area contributed by atoms with E-state index in [0.29, 0.717) is 0 Å². The molecule has 0 radical (unpaired) electrons. The Morgan fingerprint density at radius 1 is 1.54 bits per heavy atom. The van der Waals surface area contributed by atoms with Crippen LogP contribution in [0, 0.1) is 0 Å². The monoisotopic (exact) mass is 195 g/mol. The number of hydrogen-bond donors (Lipinski definition) is 1. The van der Waals surface area contributed by atoms with E-state index in [9.17, 15) is 0 Å². The molecule has 0 aliphatic carbocycles. The Morgan fingerprint density at radius 3 is 3.38 bits per heavy atom. The molecule has 3 rings (SSSR count). The lowest BCUT2D eigenvalue weighted by molar-refractivity contribution is -0.0416. The van der Waals surface area contributed by atoms with Crippen LogP contribution in [-0.2, 0) is 16.8 Å². The van der Waals surface area contributed by atoms with Gasteiger partial charge in [-0.05, 0) is 36.4 Å². The fourth-order valence-electron chi connectivity index (χ4n) is 2.34. The molecule has 2 aliphatic rings. The topological polar surface area (TPSA) is 21.3 Å². The van der Waals surface area contributed by atoms with E-state index >= 15 is 0 Å². The van der Waals surface area contributed by atoms with Gasteiger partial charge in [-0.3, -0.25) is 0 Å². The van der Waals surface area contributed by atoms with E-state index in [2.05, 4.69) is 16.8 Å². The highest BCUT2D eigenvalue weighted by Gasteiger charge is 2.41. The third kappa shape index (κ3) is 1.08. The zero-order chi connectivity index (χ0) is 8.73. The molecular formula is C10H13NOS. The van der Waals surface area contributed by atoms with Crippen LogP contribution in [0.5, 0.6) is 0 Å². The van der Waals surface area contributed by atoms with E-state index in [1.54, 1.807) is 0 Å². The van der Waals surface area contributed by atoms with Crippen molar-refractivity contribution >= 4 is 11.3 Å². The smallest absolute Gasteiger partial charge is 0.116 e. The molecule has 1 spiro atoms. The van der Waals surface area contributed by atoms with Crippen LogP contribution >= 0.6 is 11.3 Å². The van der Waals surface area contributed by atoms with Crippen LogP contribution in [0.1, 0.15) is 16.9 Å². The quantitative estimate of drug-likeness (QED) is 0.677. The number of hydrogen-bond acceptors (Lipinski definition) is 3. The van der Waals surface area contributed by atoms with Gasteiger partial charge in [0.15, 0.2) is 0 Å². The van der Waals surface area contributed by atoms with Crippen molar-refractivity contribution in [2.45, 2.75) is 18.4 Å². The van der Waals surface area contributed by atoms with Crippen LogP contribution < -0.4 is 5.32 Å². The number of fused-ring (bicyclic) bond motifs is 2. The second-order valence-electron chi connectivity index (χ2n) is 3.79. The molecule has 1 saturated heterocycles. The minimum atomic E-state index is 0.0434. The van der Waals surface area contributed by atoms with E-state index in [1.807, 2.05) is 11.3 Å². The van der Waals surface area contributed by atoms with Gasteiger partial charge in [0, 0.05) is 11.4 Å². The second kappa shape index (κ2) is 2.80. The van der Waals surface area contributed by atoms with E-state index in [4.69, 9.17) is 4.74 Å². The number of nitrogens with one attached hydrogen (secondary N) is 1. The van der Waals surface area contributed by atoms with Crippen molar-refractivity contribution in [1.82, 2.24) is 5.32 Å². The Balaban J connectivity index is 2.08. The van der Waals surface area contributed by atoms with Crippen molar-refractivity contribution in [3.63, 3.8) is 0 Å². The molecule has 3 heteroatoms. The van der Waals surface area contributed by atoms with Crippen LogP contribution in [0.4, 0.5) is 0 Å². The largest absolute Gasteiger partial charge is 0.368 e. The van der Waals surface area contributed by atoms with E-state index < -0.39 is 0 Å². The Hall–Kier alpha value is -0.380. The molecule has 2 nitrogen and oxygen atoms in total. The first-order chi connectivity index (χ1) is 6.41. The first-order valence-corrected chi connectivity index (χ1v) is 5.70. The van der Waals surface area contributed by atoms with Crippen molar-refractivity contribution in [3.05, 3.63) is 21.9 Å². The average molecular weight is 195 g/mol. The summed E-state index contributed by atoms with van der Waals surface area (Å²) in [6.07, 6.45) is 2.24. The summed E-state index contributed by atoms with van der Waals surface area (Å²) in [6.45, 7) is 2.99. The third-order valence-corrected chi connectivity index (χ3v) is 4.17. The normalized spacial score (nSPS) is 32.3. The summed E-state index contributed by atoms with van der Waals surface area (Å²) in [4.78, 5) is 1.48. The van der Waals surface area contributed by atoms with Crippen LogP contribution in [0.25, 0.3) is 0 Å². The van der Waals surface area contributed by atoms with Crippen molar-refractivity contribution in [1.29, 1.82) is 0 Å². The molecule has 13 heavy (non-hydrogen) atoms. The van der Waals surface area contributed by atoms with E-state index in [1.165, 1.54) is 10.4 Å². The maximum atomic E-state index is 5.96. The predicted molar refractivity (Wildman–Crippen MR) is 53.1 cm³/mol. The standard InChI is InChI=1S/C10H13NOS/c1-5-12-10(3-4-11-7-10)9-8(1)2-6-13-9/h2,6,11H,1,3-5,7H2. The number of ether oxygens (including phenoxy) is 1. The first kappa shape index (κ1) is 7.97. The minimum Gasteiger partial charge on any atom is -0.368 e. The molecule has 0 aromatic carbocycles. The summed E-state index contributed by atoms with van der Waals surface area (Å²) in [6, 6.07) is 2.25. The maximum Gasteiger partial charge on any atom is 0.116 e. The van der Waals surface area contributed by atoms with Gasteiger partial charge in [-0.1, -0.05) is 0 Å². The lowest BCUT2D eigenvalue weighted by Crippen LogP contribution is -2.36. The fraction of sp³-hybridized carbons (Fsp3) is 0.600. The molecule has 70 valence electrons. The Labute approximate surface area is 81.9 Å². The summed E-state index contributed by atoms with van der Waals surface area (Å²) in [7, 11) is 0.